The second kappa shape index (κ2) is 4.53. The molecule has 0 spiro atoms. The maximum Gasteiger partial charge on any atom is 0.163 e. The third-order valence-corrected chi connectivity index (χ3v) is 5.09. The zero-order chi connectivity index (χ0) is 12.7. The van der Waals surface area contributed by atoms with Crippen LogP contribution in [0.3, 0.4) is 0 Å². The minimum absolute atomic E-state index is 0.378. The number of benzene rings is 1. The molecule has 3 atom stereocenters. The van der Waals surface area contributed by atoms with E-state index in [1.54, 1.807) is 0 Å². The maximum absolute atomic E-state index is 12.5. The molecule has 2 fully saturated rings. The molecule has 0 radical (unpaired) electrons. The molecule has 2 aliphatic carbocycles. The fraction of sp³-hybridized carbons (Fsp3) is 0.588. The van der Waals surface area contributed by atoms with Gasteiger partial charge in [-0.1, -0.05) is 24.6 Å². The van der Waals surface area contributed by atoms with E-state index in [1.807, 2.05) is 6.07 Å². The summed E-state index contributed by atoms with van der Waals surface area (Å²) in [5.74, 6) is 2.84. The first kappa shape index (κ1) is 12.0. The minimum atomic E-state index is 0.378. The number of carbonyl (C=O) groups excluding carboxylic acids is 1. The third-order valence-electron chi connectivity index (χ3n) is 5.09. The van der Waals surface area contributed by atoms with Gasteiger partial charge in [0.2, 0.25) is 0 Å². The molecule has 0 saturated heterocycles. The van der Waals surface area contributed by atoms with E-state index in [0.717, 1.165) is 34.9 Å². The van der Waals surface area contributed by atoms with Crippen molar-refractivity contribution in [3.8, 4) is 0 Å². The molecule has 3 unspecified atom stereocenters. The Kier molecular flexibility index (Phi) is 3.01. The van der Waals surface area contributed by atoms with E-state index in [2.05, 4.69) is 26.0 Å². The Bertz CT molecular complexity index is 454. The van der Waals surface area contributed by atoms with Gasteiger partial charge in [-0.25, -0.2) is 0 Å². The van der Waals surface area contributed by atoms with Crippen molar-refractivity contribution in [1.29, 1.82) is 0 Å². The summed E-state index contributed by atoms with van der Waals surface area (Å²) in [5, 5.41) is 0. The highest BCUT2D eigenvalue weighted by molar-refractivity contribution is 5.98. The van der Waals surface area contributed by atoms with Crippen molar-refractivity contribution in [1.82, 2.24) is 0 Å². The third kappa shape index (κ3) is 2.00. The van der Waals surface area contributed by atoms with Gasteiger partial charge in [0.15, 0.2) is 5.78 Å². The average molecular weight is 242 g/mol. The van der Waals surface area contributed by atoms with Crippen LogP contribution in [0.15, 0.2) is 18.2 Å². The van der Waals surface area contributed by atoms with Crippen LogP contribution in [0.5, 0.6) is 0 Å². The summed E-state index contributed by atoms with van der Waals surface area (Å²) >= 11 is 0. The van der Waals surface area contributed by atoms with Crippen LogP contribution in [0.4, 0.5) is 0 Å². The Hall–Kier alpha value is -1.11. The molecule has 1 aromatic rings. The number of Topliss-reactive ketones (excluding diaryl/α,β-unsaturated/α-hetero) is 1. The van der Waals surface area contributed by atoms with Crippen molar-refractivity contribution in [2.75, 3.05) is 0 Å². The van der Waals surface area contributed by atoms with E-state index in [-0.39, 0.29) is 0 Å². The number of hydrogen-bond donors (Lipinski definition) is 0. The van der Waals surface area contributed by atoms with Crippen molar-refractivity contribution in [2.24, 2.45) is 17.8 Å². The molecular formula is C17H22O. The Morgan fingerprint density at radius 2 is 1.89 bits per heavy atom. The SMILES string of the molecule is Cc1cccc(C)c1C(=O)CC1CC2CCC1C2. The van der Waals surface area contributed by atoms with Crippen LogP contribution >= 0.6 is 0 Å². The molecule has 2 bridgehead atoms. The number of carbonyl (C=O) groups is 1. The van der Waals surface area contributed by atoms with Gasteiger partial charge in [0.1, 0.15) is 0 Å². The van der Waals surface area contributed by atoms with Crippen LogP contribution in [-0.4, -0.2) is 5.78 Å². The normalized spacial score (nSPS) is 29.8. The van der Waals surface area contributed by atoms with Gasteiger partial charge in [-0.2, -0.15) is 0 Å². The summed E-state index contributed by atoms with van der Waals surface area (Å²) in [6, 6.07) is 6.15. The van der Waals surface area contributed by atoms with Gasteiger partial charge in [-0.3, -0.25) is 4.79 Å². The van der Waals surface area contributed by atoms with Crippen molar-refractivity contribution in [3.05, 3.63) is 34.9 Å². The Morgan fingerprint density at radius 1 is 1.17 bits per heavy atom. The largest absolute Gasteiger partial charge is 0.294 e. The maximum atomic E-state index is 12.5. The Balaban J connectivity index is 1.75. The number of aryl methyl sites for hydroxylation is 2. The predicted molar refractivity (Wildman–Crippen MR) is 73.8 cm³/mol. The van der Waals surface area contributed by atoms with Gasteiger partial charge < -0.3 is 0 Å². The summed E-state index contributed by atoms with van der Waals surface area (Å²) in [4.78, 5) is 12.5. The lowest BCUT2D eigenvalue weighted by molar-refractivity contribution is 0.0943. The molecule has 1 aromatic carbocycles. The molecule has 0 heterocycles. The lowest BCUT2D eigenvalue weighted by atomic mass is 9.83. The molecular weight excluding hydrogens is 220 g/mol. The second-order valence-corrected chi connectivity index (χ2v) is 6.33. The fourth-order valence-electron chi connectivity index (χ4n) is 4.22. The quantitative estimate of drug-likeness (QED) is 0.722. The fourth-order valence-corrected chi connectivity index (χ4v) is 4.22. The van der Waals surface area contributed by atoms with E-state index in [1.165, 1.54) is 25.7 Å². The van der Waals surface area contributed by atoms with Crippen LogP contribution in [0.25, 0.3) is 0 Å². The molecule has 0 aromatic heterocycles. The van der Waals surface area contributed by atoms with Crippen LogP contribution in [-0.2, 0) is 0 Å². The number of hydrogen-bond acceptors (Lipinski definition) is 1. The summed E-state index contributed by atoms with van der Waals surface area (Å²) in [5.41, 5.74) is 3.27. The first-order chi connectivity index (χ1) is 8.65. The summed E-state index contributed by atoms with van der Waals surface area (Å²) in [6.07, 6.45) is 6.27. The highest BCUT2D eigenvalue weighted by Gasteiger charge is 2.40. The van der Waals surface area contributed by atoms with Gasteiger partial charge >= 0.3 is 0 Å². The van der Waals surface area contributed by atoms with E-state index in [0.29, 0.717) is 11.7 Å². The molecule has 18 heavy (non-hydrogen) atoms. The van der Waals surface area contributed by atoms with Gasteiger partial charge in [0, 0.05) is 12.0 Å². The molecule has 0 N–H and O–H groups in total. The lowest BCUT2D eigenvalue weighted by Crippen LogP contribution is -2.16. The van der Waals surface area contributed by atoms with Gasteiger partial charge in [-0.15, -0.1) is 0 Å². The zero-order valence-electron chi connectivity index (χ0n) is 11.4. The first-order valence-corrected chi connectivity index (χ1v) is 7.24. The van der Waals surface area contributed by atoms with E-state index in [4.69, 9.17) is 0 Å². The summed E-state index contributed by atoms with van der Waals surface area (Å²) < 4.78 is 0. The predicted octanol–water partition coefficient (Wildman–Crippen LogP) is 4.31. The summed E-state index contributed by atoms with van der Waals surface area (Å²) in [7, 11) is 0. The van der Waals surface area contributed by atoms with Crippen LogP contribution in [0.1, 0.15) is 53.6 Å². The smallest absolute Gasteiger partial charge is 0.163 e. The molecule has 3 rings (SSSR count). The molecule has 96 valence electrons. The van der Waals surface area contributed by atoms with E-state index >= 15 is 0 Å². The average Bonchev–Trinajstić information content (AvgIpc) is 2.90. The Morgan fingerprint density at radius 3 is 2.44 bits per heavy atom. The Labute approximate surface area is 110 Å². The van der Waals surface area contributed by atoms with Crippen LogP contribution in [0, 0.1) is 31.6 Å². The van der Waals surface area contributed by atoms with Crippen LogP contribution < -0.4 is 0 Å². The molecule has 1 heteroatoms. The van der Waals surface area contributed by atoms with E-state index in [9.17, 15) is 4.79 Å². The molecule has 2 aliphatic rings. The van der Waals surface area contributed by atoms with Crippen molar-refractivity contribution in [3.63, 3.8) is 0 Å². The molecule has 2 saturated carbocycles. The van der Waals surface area contributed by atoms with E-state index < -0.39 is 0 Å². The highest BCUT2D eigenvalue weighted by atomic mass is 16.1. The highest BCUT2D eigenvalue weighted by Crippen LogP contribution is 2.49. The molecule has 0 aliphatic heterocycles. The number of fused-ring (bicyclic) bond motifs is 2. The summed E-state index contributed by atoms with van der Waals surface area (Å²) in [6.45, 7) is 4.11. The van der Waals surface area contributed by atoms with Crippen LogP contribution in [0.2, 0.25) is 0 Å². The van der Waals surface area contributed by atoms with Gasteiger partial charge in [-0.05, 0) is 62.0 Å². The van der Waals surface area contributed by atoms with Gasteiger partial charge in [0.25, 0.3) is 0 Å². The second-order valence-electron chi connectivity index (χ2n) is 6.33. The van der Waals surface area contributed by atoms with Gasteiger partial charge in [0.05, 0.1) is 0 Å². The molecule has 0 amide bonds. The monoisotopic (exact) mass is 242 g/mol. The molecule has 1 nitrogen and oxygen atoms in total. The zero-order valence-corrected chi connectivity index (χ0v) is 11.4. The number of ketones is 1. The lowest BCUT2D eigenvalue weighted by Gasteiger charge is -2.21. The number of rotatable bonds is 3. The van der Waals surface area contributed by atoms with Crippen molar-refractivity contribution < 1.29 is 4.79 Å². The minimum Gasteiger partial charge on any atom is -0.294 e. The van der Waals surface area contributed by atoms with Crippen molar-refractivity contribution >= 4 is 5.78 Å². The topological polar surface area (TPSA) is 17.1 Å². The van der Waals surface area contributed by atoms with Crippen molar-refractivity contribution in [2.45, 2.75) is 46.0 Å². The standard InChI is InChI=1S/C17H22O/c1-11-4-3-5-12(2)17(11)16(18)10-15-9-13-6-7-14(15)8-13/h3-5,13-15H,6-10H2,1-2H3. The first-order valence-electron chi connectivity index (χ1n) is 7.24.